The molecule has 0 radical (unpaired) electrons. The Balaban J connectivity index is 1.67. The smallest absolute Gasteiger partial charge is 0.242 e. The van der Waals surface area contributed by atoms with Crippen molar-refractivity contribution in [3.63, 3.8) is 0 Å². The highest BCUT2D eigenvalue weighted by Gasteiger charge is 2.28. The Morgan fingerprint density at radius 3 is 2.73 bits per heavy atom. The van der Waals surface area contributed by atoms with E-state index in [-0.39, 0.29) is 5.91 Å². The number of carbonyl (C=O) groups is 1. The number of piperazine rings is 1. The Morgan fingerprint density at radius 1 is 1.27 bits per heavy atom. The second-order valence-corrected chi connectivity index (χ2v) is 6.62. The molecule has 4 nitrogen and oxygen atoms in total. The molecular formula is C17H20ClN3O. The van der Waals surface area contributed by atoms with Gasteiger partial charge in [0.15, 0.2) is 0 Å². The van der Waals surface area contributed by atoms with E-state index < -0.39 is 0 Å². The minimum atomic E-state index is 0.164. The van der Waals surface area contributed by atoms with Crippen molar-refractivity contribution in [1.29, 1.82) is 5.26 Å². The van der Waals surface area contributed by atoms with E-state index in [0.29, 0.717) is 23.0 Å². The third-order valence-corrected chi connectivity index (χ3v) is 4.93. The van der Waals surface area contributed by atoms with Crippen LogP contribution in [-0.4, -0.2) is 37.0 Å². The molecule has 1 heterocycles. The van der Waals surface area contributed by atoms with Crippen molar-refractivity contribution in [3.8, 4) is 6.07 Å². The summed E-state index contributed by atoms with van der Waals surface area (Å²) in [6.07, 6.45) is 5.11. The van der Waals surface area contributed by atoms with E-state index in [1.54, 1.807) is 12.1 Å². The molecule has 1 aliphatic heterocycles. The predicted molar refractivity (Wildman–Crippen MR) is 86.9 cm³/mol. The second kappa shape index (κ2) is 6.58. The van der Waals surface area contributed by atoms with Crippen molar-refractivity contribution in [2.75, 3.05) is 31.1 Å². The number of hydrogen-bond donors (Lipinski definition) is 0. The van der Waals surface area contributed by atoms with Crippen LogP contribution in [0.2, 0.25) is 5.02 Å². The number of carbonyl (C=O) groups excluding carboxylic acids is 1. The average molecular weight is 318 g/mol. The van der Waals surface area contributed by atoms with Crippen LogP contribution in [0.4, 0.5) is 5.69 Å². The topological polar surface area (TPSA) is 47.3 Å². The zero-order chi connectivity index (χ0) is 15.5. The summed E-state index contributed by atoms with van der Waals surface area (Å²) >= 11 is 5.94. The molecule has 1 amide bonds. The third kappa shape index (κ3) is 3.20. The zero-order valence-electron chi connectivity index (χ0n) is 12.6. The van der Waals surface area contributed by atoms with Crippen LogP contribution in [0.1, 0.15) is 31.2 Å². The van der Waals surface area contributed by atoms with Gasteiger partial charge in [-0.15, -0.1) is 0 Å². The maximum absolute atomic E-state index is 12.4. The van der Waals surface area contributed by atoms with E-state index in [9.17, 15) is 10.1 Å². The number of benzene rings is 1. The van der Waals surface area contributed by atoms with Gasteiger partial charge in [0.2, 0.25) is 5.91 Å². The normalized spacial score (nSPS) is 19.5. The molecule has 116 valence electrons. The number of anilines is 1. The Labute approximate surface area is 136 Å². The monoisotopic (exact) mass is 317 g/mol. The highest BCUT2D eigenvalue weighted by molar-refractivity contribution is 6.30. The summed E-state index contributed by atoms with van der Waals surface area (Å²) in [5.41, 5.74) is 1.34. The van der Waals surface area contributed by atoms with Crippen LogP contribution in [0.5, 0.6) is 0 Å². The molecule has 0 aromatic heterocycles. The molecule has 1 saturated carbocycles. The molecule has 0 unspecified atom stereocenters. The first kappa shape index (κ1) is 15.2. The van der Waals surface area contributed by atoms with E-state index in [1.807, 2.05) is 15.9 Å². The van der Waals surface area contributed by atoms with Gasteiger partial charge in [-0.25, -0.2) is 0 Å². The van der Waals surface area contributed by atoms with E-state index in [4.69, 9.17) is 11.6 Å². The highest BCUT2D eigenvalue weighted by atomic mass is 35.5. The lowest BCUT2D eigenvalue weighted by atomic mass is 10.1. The molecule has 1 aromatic rings. The first-order valence-corrected chi connectivity index (χ1v) is 8.27. The Kier molecular flexibility index (Phi) is 4.54. The fourth-order valence-electron chi connectivity index (χ4n) is 3.49. The van der Waals surface area contributed by atoms with Crippen LogP contribution in [0.3, 0.4) is 0 Å². The molecule has 1 saturated heterocycles. The average Bonchev–Trinajstić information content (AvgIpc) is 3.02. The molecule has 22 heavy (non-hydrogen) atoms. The fourth-order valence-corrected chi connectivity index (χ4v) is 3.66. The summed E-state index contributed by atoms with van der Waals surface area (Å²) in [5, 5.41) is 9.80. The summed E-state index contributed by atoms with van der Waals surface area (Å²) in [7, 11) is 0. The number of nitriles is 1. The number of hydrogen-bond acceptors (Lipinski definition) is 3. The summed E-state index contributed by atoms with van der Waals surface area (Å²) in [5.74, 6) is 0.845. The van der Waals surface area contributed by atoms with Gasteiger partial charge in [-0.1, -0.05) is 24.4 Å². The van der Waals surface area contributed by atoms with Crippen LogP contribution < -0.4 is 4.90 Å². The molecule has 1 aromatic carbocycles. The predicted octanol–water partition coefficient (Wildman–Crippen LogP) is 3.05. The van der Waals surface area contributed by atoms with Crippen LogP contribution in [0.25, 0.3) is 0 Å². The zero-order valence-corrected chi connectivity index (χ0v) is 13.4. The number of halogens is 1. The Hall–Kier alpha value is -1.73. The van der Waals surface area contributed by atoms with Gasteiger partial charge in [0.1, 0.15) is 6.07 Å². The van der Waals surface area contributed by atoms with E-state index in [1.165, 1.54) is 25.7 Å². The molecule has 0 atom stereocenters. The van der Waals surface area contributed by atoms with Crippen molar-refractivity contribution >= 4 is 23.2 Å². The van der Waals surface area contributed by atoms with Crippen molar-refractivity contribution < 1.29 is 4.79 Å². The highest BCUT2D eigenvalue weighted by Crippen LogP contribution is 2.28. The van der Waals surface area contributed by atoms with E-state index >= 15 is 0 Å². The number of amides is 1. The van der Waals surface area contributed by atoms with Crippen LogP contribution in [0, 0.1) is 17.2 Å². The van der Waals surface area contributed by atoms with Crippen LogP contribution >= 0.6 is 11.6 Å². The molecule has 3 rings (SSSR count). The van der Waals surface area contributed by atoms with Crippen molar-refractivity contribution in [2.24, 2.45) is 5.92 Å². The lowest BCUT2D eigenvalue weighted by molar-refractivity contribution is -0.131. The minimum absolute atomic E-state index is 0.164. The van der Waals surface area contributed by atoms with Gasteiger partial charge in [-0.2, -0.15) is 5.26 Å². The lowest BCUT2D eigenvalue weighted by Crippen LogP contribution is -2.51. The molecule has 5 heteroatoms. The maximum atomic E-state index is 12.4. The second-order valence-electron chi connectivity index (χ2n) is 6.19. The van der Waals surface area contributed by atoms with Crippen LogP contribution in [0.15, 0.2) is 18.2 Å². The van der Waals surface area contributed by atoms with Crippen LogP contribution in [-0.2, 0) is 4.79 Å². The summed E-state index contributed by atoms with van der Waals surface area (Å²) in [6, 6.07) is 7.43. The van der Waals surface area contributed by atoms with Gasteiger partial charge in [0.25, 0.3) is 0 Å². The first-order valence-electron chi connectivity index (χ1n) is 7.90. The minimum Gasteiger partial charge on any atom is -0.359 e. The first-order chi connectivity index (χ1) is 10.7. The fraction of sp³-hybridized carbons (Fsp3) is 0.529. The molecular weight excluding hydrogens is 298 g/mol. The Bertz CT molecular complexity index is 604. The van der Waals surface area contributed by atoms with Crippen molar-refractivity contribution in [2.45, 2.75) is 25.7 Å². The summed E-state index contributed by atoms with van der Waals surface area (Å²) < 4.78 is 0. The van der Waals surface area contributed by atoms with Gasteiger partial charge in [-0.3, -0.25) is 4.79 Å². The van der Waals surface area contributed by atoms with Gasteiger partial charge in [0.05, 0.1) is 17.8 Å². The van der Waals surface area contributed by atoms with Crippen molar-refractivity contribution in [1.82, 2.24) is 4.90 Å². The molecule has 2 aliphatic rings. The molecule has 0 N–H and O–H groups in total. The van der Waals surface area contributed by atoms with E-state index in [0.717, 1.165) is 25.3 Å². The largest absolute Gasteiger partial charge is 0.359 e. The van der Waals surface area contributed by atoms with Gasteiger partial charge >= 0.3 is 0 Å². The van der Waals surface area contributed by atoms with E-state index in [2.05, 4.69) is 6.07 Å². The third-order valence-electron chi connectivity index (χ3n) is 4.69. The molecule has 2 fully saturated rings. The van der Waals surface area contributed by atoms with Gasteiger partial charge in [-0.05, 0) is 37.0 Å². The molecule has 0 spiro atoms. The summed E-state index contributed by atoms with van der Waals surface area (Å²) in [4.78, 5) is 16.4. The summed E-state index contributed by atoms with van der Waals surface area (Å²) in [6.45, 7) is 2.76. The number of nitrogens with zero attached hydrogens (tertiary/aromatic N) is 3. The standard InChI is InChI=1S/C17H20ClN3O/c18-15-5-6-16(14(9-15)10-19)20-7-8-21(17(22)12-20)11-13-3-1-2-4-13/h5-6,9,13H,1-4,7-8,11-12H2. The van der Waals surface area contributed by atoms with Gasteiger partial charge < -0.3 is 9.80 Å². The Morgan fingerprint density at radius 2 is 2.05 bits per heavy atom. The molecule has 0 bridgehead atoms. The molecule has 1 aliphatic carbocycles. The quantitative estimate of drug-likeness (QED) is 0.861. The SMILES string of the molecule is N#Cc1cc(Cl)ccc1N1CCN(CC2CCCC2)C(=O)C1. The lowest BCUT2D eigenvalue weighted by Gasteiger charge is -2.37. The van der Waals surface area contributed by atoms with Crippen molar-refractivity contribution in [3.05, 3.63) is 28.8 Å². The maximum Gasteiger partial charge on any atom is 0.242 e. The number of rotatable bonds is 3. The van der Waals surface area contributed by atoms with Gasteiger partial charge in [0, 0.05) is 24.7 Å².